The molecule has 0 aliphatic heterocycles. The number of ether oxygens (including phenoxy) is 1. The quantitative estimate of drug-likeness (QED) is 0.453. The number of carbonyl (C=O) groups excluding carboxylic acids is 2. The number of hydrogen-bond donors (Lipinski definition) is 3. The van der Waals surface area contributed by atoms with Crippen molar-refractivity contribution in [2.45, 2.75) is 32.7 Å². The lowest BCUT2D eigenvalue weighted by Gasteiger charge is -2.27. The van der Waals surface area contributed by atoms with Gasteiger partial charge in [-0.15, -0.1) is 0 Å². The van der Waals surface area contributed by atoms with Gasteiger partial charge in [-0.2, -0.15) is 0 Å². The maximum Gasteiger partial charge on any atom is 0.411 e. The molecule has 180 valence electrons. The first-order valence-corrected chi connectivity index (χ1v) is 11.4. The number of nitrogens with one attached hydrogen (secondary N) is 2. The molecule has 2 amide bonds. The van der Waals surface area contributed by atoms with Crippen LogP contribution in [0.5, 0.6) is 0 Å². The average Bonchev–Trinajstić information content (AvgIpc) is 3.14. The molecule has 1 aliphatic rings. The van der Waals surface area contributed by atoms with Crippen LogP contribution in [-0.2, 0) is 9.53 Å². The Hall–Kier alpha value is -4.13. The largest absolute Gasteiger partial charge is 0.480 e. The Labute approximate surface area is 204 Å². The van der Waals surface area contributed by atoms with Crippen molar-refractivity contribution < 1.29 is 24.2 Å². The third kappa shape index (κ3) is 5.19. The lowest BCUT2D eigenvalue weighted by molar-refractivity contribution is -0.142. The van der Waals surface area contributed by atoms with Gasteiger partial charge in [0.1, 0.15) is 12.6 Å². The maximum absolute atomic E-state index is 12.7. The summed E-state index contributed by atoms with van der Waals surface area (Å²) in [4.78, 5) is 36.8. The number of aliphatic carboxylic acids is 1. The van der Waals surface area contributed by atoms with Crippen LogP contribution >= 0.6 is 0 Å². The van der Waals surface area contributed by atoms with Gasteiger partial charge in [-0.05, 0) is 45.9 Å². The molecule has 0 fully saturated rings. The van der Waals surface area contributed by atoms with E-state index in [1.807, 2.05) is 36.4 Å². The van der Waals surface area contributed by atoms with Crippen LogP contribution in [0.25, 0.3) is 11.1 Å². The minimum atomic E-state index is -1.11. The van der Waals surface area contributed by atoms with Crippen molar-refractivity contribution in [2.24, 2.45) is 5.41 Å². The van der Waals surface area contributed by atoms with E-state index in [9.17, 15) is 19.5 Å². The molecule has 7 heteroatoms. The Morgan fingerprint density at radius 3 is 2.09 bits per heavy atom. The van der Waals surface area contributed by atoms with Crippen LogP contribution in [0.4, 0.5) is 10.5 Å². The molecular formula is C28H28N2O5. The van der Waals surface area contributed by atoms with Gasteiger partial charge in [0.2, 0.25) is 0 Å². The molecule has 1 aliphatic carbocycles. The molecule has 0 bridgehead atoms. The summed E-state index contributed by atoms with van der Waals surface area (Å²) in [6, 6.07) is 21.4. The number of carboxylic acid groups (broad SMARTS) is 1. The van der Waals surface area contributed by atoms with Gasteiger partial charge in [0.15, 0.2) is 0 Å². The number of carbonyl (C=O) groups is 3. The van der Waals surface area contributed by atoms with Gasteiger partial charge in [-0.25, -0.2) is 9.59 Å². The Bertz CT molecular complexity index is 1230. The van der Waals surface area contributed by atoms with Crippen LogP contribution in [0.15, 0.2) is 72.8 Å². The van der Waals surface area contributed by atoms with Crippen LogP contribution < -0.4 is 10.6 Å². The zero-order valence-electron chi connectivity index (χ0n) is 19.9. The SMILES string of the molecule is CC(C)(C)[C@H](NC(=O)c1cccc(NC(=O)OCC2c3ccccc3-c3ccccc32)c1)C(=O)O. The van der Waals surface area contributed by atoms with E-state index in [1.165, 1.54) is 6.07 Å². The minimum absolute atomic E-state index is 0.0596. The average molecular weight is 473 g/mol. The lowest BCUT2D eigenvalue weighted by atomic mass is 9.86. The number of amides is 2. The summed E-state index contributed by atoms with van der Waals surface area (Å²) >= 11 is 0. The summed E-state index contributed by atoms with van der Waals surface area (Å²) in [6.45, 7) is 5.38. The van der Waals surface area contributed by atoms with Gasteiger partial charge in [0.25, 0.3) is 5.91 Å². The Morgan fingerprint density at radius 1 is 0.914 bits per heavy atom. The standard InChI is InChI=1S/C28H28N2O5/c1-28(2,3)24(26(32)33)30-25(31)17-9-8-10-18(15-17)29-27(34)35-16-23-21-13-6-4-11-19(21)20-12-5-7-14-22(20)23/h4-15,23-24H,16H2,1-3H3,(H,29,34)(H,30,31)(H,32,33)/t24-/m1/s1. The van der Waals surface area contributed by atoms with Crippen LogP contribution in [0.2, 0.25) is 0 Å². The number of fused-ring (bicyclic) bond motifs is 3. The highest BCUT2D eigenvalue weighted by Gasteiger charge is 2.33. The highest BCUT2D eigenvalue weighted by atomic mass is 16.5. The normalized spacial score (nSPS) is 13.3. The molecule has 35 heavy (non-hydrogen) atoms. The van der Waals surface area contributed by atoms with Gasteiger partial charge < -0.3 is 15.2 Å². The fourth-order valence-electron chi connectivity index (χ4n) is 4.35. The van der Waals surface area contributed by atoms with Crippen molar-refractivity contribution in [3.63, 3.8) is 0 Å². The number of rotatable bonds is 6. The Morgan fingerprint density at radius 2 is 1.51 bits per heavy atom. The molecule has 3 aromatic rings. The summed E-state index contributed by atoms with van der Waals surface area (Å²) < 4.78 is 5.56. The topological polar surface area (TPSA) is 105 Å². The molecule has 7 nitrogen and oxygen atoms in total. The van der Waals surface area contributed by atoms with Crippen molar-refractivity contribution in [2.75, 3.05) is 11.9 Å². The van der Waals surface area contributed by atoms with Crippen molar-refractivity contribution in [3.05, 3.63) is 89.5 Å². The second kappa shape index (κ2) is 9.62. The van der Waals surface area contributed by atoms with Crippen LogP contribution in [-0.4, -0.2) is 35.7 Å². The molecule has 3 N–H and O–H groups in total. The summed E-state index contributed by atoms with van der Waals surface area (Å²) in [5, 5.41) is 14.7. The number of carboxylic acids is 1. The molecule has 0 aromatic heterocycles. The van der Waals surface area contributed by atoms with Gasteiger partial charge in [-0.1, -0.05) is 75.4 Å². The molecule has 0 unspecified atom stereocenters. The highest BCUT2D eigenvalue weighted by Crippen LogP contribution is 2.44. The van der Waals surface area contributed by atoms with Crippen molar-refractivity contribution in [3.8, 4) is 11.1 Å². The summed E-state index contributed by atoms with van der Waals surface area (Å²) in [5.41, 5.74) is 4.46. The lowest BCUT2D eigenvalue weighted by Crippen LogP contribution is -2.49. The third-order valence-electron chi connectivity index (χ3n) is 6.10. The van der Waals surface area contributed by atoms with Crippen molar-refractivity contribution >= 4 is 23.7 Å². The first-order valence-electron chi connectivity index (χ1n) is 11.4. The summed E-state index contributed by atoms with van der Waals surface area (Å²) in [7, 11) is 0. The molecule has 0 radical (unpaired) electrons. The molecule has 0 spiro atoms. The van der Waals surface area contributed by atoms with Crippen LogP contribution in [0.3, 0.4) is 0 Å². The summed E-state index contributed by atoms with van der Waals surface area (Å²) in [6.07, 6.45) is -0.637. The maximum atomic E-state index is 12.7. The Balaban J connectivity index is 1.41. The molecular weight excluding hydrogens is 444 g/mol. The molecule has 0 saturated heterocycles. The number of hydrogen-bond acceptors (Lipinski definition) is 4. The van der Waals surface area contributed by atoms with E-state index in [0.29, 0.717) is 5.69 Å². The van der Waals surface area contributed by atoms with Crippen LogP contribution in [0, 0.1) is 5.41 Å². The predicted molar refractivity (Wildman–Crippen MR) is 133 cm³/mol. The van der Waals surface area contributed by atoms with E-state index < -0.39 is 29.4 Å². The van der Waals surface area contributed by atoms with Crippen LogP contribution in [0.1, 0.15) is 48.2 Å². The van der Waals surface area contributed by atoms with Gasteiger partial charge in [0.05, 0.1) is 0 Å². The molecule has 1 atom stereocenters. The van der Waals surface area contributed by atoms with E-state index in [2.05, 4.69) is 22.8 Å². The first-order chi connectivity index (χ1) is 16.6. The van der Waals surface area contributed by atoms with Crippen molar-refractivity contribution in [1.82, 2.24) is 5.32 Å². The van der Waals surface area contributed by atoms with Gasteiger partial charge >= 0.3 is 12.1 Å². The van der Waals surface area contributed by atoms with E-state index in [0.717, 1.165) is 22.3 Å². The first kappa shape index (κ1) is 24.0. The van der Waals surface area contributed by atoms with E-state index in [4.69, 9.17) is 4.74 Å². The molecule has 0 heterocycles. The molecule has 0 saturated carbocycles. The third-order valence-corrected chi connectivity index (χ3v) is 6.10. The smallest absolute Gasteiger partial charge is 0.411 e. The second-order valence-electron chi connectivity index (χ2n) is 9.64. The Kier molecular flexibility index (Phi) is 6.60. The molecule has 3 aromatic carbocycles. The van der Waals surface area contributed by atoms with E-state index in [1.54, 1.807) is 39.0 Å². The fourth-order valence-corrected chi connectivity index (χ4v) is 4.35. The fraction of sp³-hybridized carbons (Fsp3) is 0.250. The van der Waals surface area contributed by atoms with E-state index in [-0.39, 0.29) is 18.1 Å². The zero-order chi connectivity index (χ0) is 25.2. The second-order valence-corrected chi connectivity index (χ2v) is 9.64. The highest BCUT2D eigenvalue weighted by molar-refractivity contribution is 5.98. The monoisotopic (exact) mass is 472 g/mol. The van der Waals surface area contributed by atoms with Crippen molar-refractivity contribution in [1.29, 1.82) is 0 Å². The zero-order valence-corrected chi connectivity index (χ0v) is 19.9. The predicted octanol–water partition coefficient (Wildman–Crippen LogP) is 5.28. The van der Waals surface area contributed by atoms with E-state index >= 15 is 0 Å². The van der Waals surface area contributed by atoms with Gasteiger partial charge in [-0.3, -0.25) is 10.1 Å². The summed E-state index contributed by atoms with van der Waals surface area (Å²) in [5.74, 6) is -1.71. The number of anilines is 1. The van der Waals surface area contributed by atoms with Gasteiger partial charge in [0, 0.05) is 17.2 Å². The minimum Gasteiger partial charge on any atom is -0.480 e. The molecule has 4 rings (SSSR count). The number of benzene rings is 3.